The van der Waals surface area contributed by atoms with E-state index in [0.29, 0.717) is 0 Å². The standard InChI is InChI=1S/C8H6BrF2NO3/c9-2-3-1-4(8(14)15)6(13)5(12-3)7(10)11/h1,7,13H,2H2,(H,14,15). The Bertz CT molecular complexity index is 398. The molecule has 0 radical (unpaired) electrons. The van der Waals surface area contributed by atoms with Gasteiger partial charge in [-0.2, -0.15) is 0 Å². The first-order chi connectivity index (χ1) is 6.97. The summed E-state index contributed by atoms with van der Waals surface area (Å²) >= 11 is 2.97. The summed E-state index contributed by atoms with van der Waals surface area (Å²) in [5.41, 5.74) is -1.36. The van der Waals surface area contributed by atoms with Crippen molar-refractivity contribution in [2.24, 2.45) is 0 Å². The van der Waals surface area contributed by atoms with Gasteiger partial charge < -0.3 is 10.2 Å². The maximum absolute atomic E-state index is 12.4. The highest BCUT2D eigenvalue weighted by Crippen LogP contribution is 2.30. The first-order valence-electron chi connectivity index (χ1n) is 3.77. The van der Waals surface area contributed by atoms with E-state index >= 15 is 0 Å². The number of aromatic hydroxyl groups is 1. The van der Waals surface area contributed by atoms with Crippen LogP contribution in [-0.2, 0) is 5.33 Å². The molecular formula is C8H6BrF2NO3. The third kappa shape index (κ3) is 2.41. The second-order valence-corrected chi connectivity index (χ2v) is 3.20. The van der Waals surface area contributed by atoms with Crippen LogP contribution in [0.25, 0.3) is 0 Å². The number of carboxylic acids is 1. The van der Waals surface area contributed by atoms with Gasteiger partial charge >= 0.3 is 5.97 Å². The van der Waals surface area contributed by atoms with Gasteiger partial charge in [0, 0.05) is 5.33 Å². The van der Waals surface area contributed by atoms with Crippen molar-refractivity contribution in [1.82, 2.24) is 4.98 Å². The van der Waals surface area contributed by atoms with Gasteiger partial charge in [-0.3, -0.25) is 0 Å². The minimum atomic E-state index is -3.01. The summed E-state index contributed by atoms with van der Waals surface area (Å²) in [5.74, 6) is -2.46. The van der Waals surface area contributed by atoms with Crippen molar-refractivity contribution >= 4 is 21.9 Å². The van der Waals surface area contributed by atoms with Crippen molar-refractivity contribution in [2.75, 3.05) is 0 Å². The number of aromatic nitrogens is 1. The minimum absolute atomic E-state index is 0.125. The van der Waals surface area contributed by atoms with Gasteiger partial charge in [0.2, 0.25) is 0 Å². The van der Waals surface area contributed by atoms with Crippen LogP contribution in [0.2, 0.25) is 0 Å². The van der Waals surface area contributed by atoms with Crippen molar-refractivity contribution in [2.45, 2.75) is 11.8 Å². The molecule has 0 aliphatic heterocycles. The summed E-state index contributed by atoms with van der Waals surface area (Å²) in [5, 5.41) is 18.0. The number of halogens is 3. The van der Waals surface area contributed by atoms with Gasteiger partial charge in [-0.25, -0.2) is 18.6 Å². The molecule has 0 atom stereocenters. The predicted octanol–water partition coefficient (Wildman–Crippen LogP) is 2.32. The molecule has 0 spiro atoms. The van der Waals surface area contributed by atoms with Crippen LogP contribution in [0.4, 0.5) is 8.78 Å². The van der Waals surface area contributed by atoms with Crippen molar-refractivity contribution in [3.8, 4) is 5.75 Å². The fourth-order valence-electron chi connectivity index (χ4n) is 0.997. The van der Waals surface area contributed by atoms with Crippen molar-refractivity contribution in [3.63, 3.8) is 0 Å². The Labute approximate surface area is 91.7 Å². The van der Waals surface area contributed by atoms with E-state index in [-0.39, 0.29) is 11.0 Å². The van der Waals surface area contributed by atoms with Gasteiger partial charge in [0.05, 0.1) is 5.69 Å². The van der Waals surface area contributed by atoms with E-state index in [0.717, 1.165) is 6.07 Å². The number of hydrogen-bond acceptors (Lipinski definition) is 3. The molecule has 1 aromatic rings. The molecule has 1 rings (SSSR count). The van der Waals surface area contributed by atoms with Crippen LogP contribution >= 0.6 is 15.9 Å². The highest BCUT2D eigenvalue weighted by atomic mass is 79.9. The van der Waals surface area contributed by atoms with E-state index in [9.17, 15) is 18.7 Å². The lowest BCUT2D eigenvalue weighted by molar-refractivity contribution is 0.0692. The maximum Gasteiger partial charge on any atom is 0.339 e. The van der Waals surface area contributed by atoms with Crippen LogP contribution in [0.1, 0.15) is 28.2 Å². The highest BCUT2D eigenvalue weighted by molar-refractivity contribution is 9.08. The summed E-state index contributed by atoms with van der Waals surface area (Å²) in [4.78, 5) is 14.0. The van der Waals surface area contributed by atoms with Crippen LogP contribution in [0.15, 0.2) is 6.07 Å². The number of carboxylic acid groups (broad SMARTS) is 1. The number of alkyl halides is 3. The third-order valence-corrected chi connectivity index (χ3v) is 2.22. The van der Waals surface area contributed by atoms with E-state index in [1.807, 2.05) is 0 Å². The predicted molar refractivity (Wildman–Crippen MR) is 50.4 cm³/mol. The van der Waals surface area contributed by atoms with Crippen LogP contribution < -0.4 is 0 Å². The van der Waals surface area contributed by atoms with E-state index in [1.165, 1.54) is 0 Å². The average molecular weight is 282 g/mol. The Morgan fingerprint density at radius 1 is 1.60 bits per heavy atom. The Morgan fingerprint density at radius 3 is 2.60 bits per heavy atom. The number of rotatable bonds is 3. The zero-order chi connectivity index (χ0) is 11.6. The number of nitrogens with zero attached hydrogens (tertiary/aromatic N) is 1. The molecule has 15 heavy (non-hydrogen) atoms. The van der Waals surface area contributed by atoms with Crippen molar-refractivity contribution < 1.29 is 23.8 Å². The highest BCUT2D eigenvalue weighted by Gasteiger charge is 2.22. The molecule has 2 N–H and O–H groups in total. The summed E-state index contributed by atoms with van der Waals surface area (Å²) in [7, 11) is 0. The molecule has 0 saturated heterocycles. The number of carbonyl (C=O) groups is 1. The fourth-order valence-corrected chi connectivity index (χ4v) is 1.28. The molecule has 0 aromatic carbocycles. The zero-order valence-corrected chi connectivity index (χ0v) is 8.83. The second kappa shape index (κ2) is 4.52. The molecule has 0 amide bonds. The van der Waals surface area contributed by atoms with Crippen molar-refractivity contribution in [3.05, 3.63) is 23.0 Å². The van der Waals surface area contributed by atoms with Gasteiger partial charge in [-0.15, -0.1) is 0 Å². The van der Waals surface area contributed by atoms with E-state index in [1.54, 1.807) is 0 Å². The van der Waals surface area contributed by atoms with E-state index in [4.69, 9.17) is 5.11 Å². The lowest BCUT2D eigenvalue weighted by Gasteiger charge is -2.07. The number of pyridine rings is 1. The monoisotopic (exact) mass is 281 g/mol. The number of hydrogen-bond donors (Lipinski definition) is 2. The lowest BCUT2D eigenvalue weighted by atomic mass is 10.1. The lowest BCUT2D eigenvalue weighted by Crippen LogP contribution is -2.04. The maximum atomic E-state index is 12.4. The first-order valence-corrected chi connectivity index (χ1v) is 4.89. The van der Waals surface area contributed by atoms with Gasteiger partial charge in [0.1, 0.15) is 11.3 Å². The molecule has 0 aliphatic rings. The molecule has 0 fully saturated rings. The Balaban J connectivity index is 3.40. The van der Waals surface area contributed by atoms with Crippen LogP contribution in [0.5, 0.6) is 5.75 Å². The minimum Gasteiger partial charge on any atom is -0.505 e. The quantitative estimate of drug-likeness (QED) is 0.835. The van der Waals surface area contributed by atoms with Crippen LogP contribution in [0, 0.1) is 0 Å². The van der Waals surface area contributed by atoms with Crippen LogP contribution in [0.3, 0.4) is 0 Å². The molecule has 7 heteroatoms. The second-order valence-electron chi connectivity index (χ2n) is 2.63. The molecule has 1 heterocycles. The average Bonchev–Trinajstić information content (AvgIpc) is 2.17. The Hall–Kier alpha value is -1.24. The molecular weight excluding hydrogens is 276 g/mol. The SMILES string of the molecule is O=C(O)c1cc(CBr)nc(C(F)F)c1O. The number of aromatic carboxylic acids is 1. The molecule has 1 aromatic heterocycles. The van der Waals surface area contributed by atoms with Gasteiger partial charge in [-0.1, -0.05) is 15.9 Å². The Kier molecular flexibility index (Phi) is 3.57. The Morgan fingerprint density at radius 2 is 2.20 bits per heavy atom. The molecule has 4 nitrogen and oxygen atoms in total. The normalized spacial score (nSPS) is 10.7. The summed E-state index contributed by atoms with van der Waals surface area (Å²) < 4.78 is 24.7. The molecule has 0 bridgehead atoms. The fraction of sp³-hybridized carbons (Fsp3) is 0.250. The van der Waals surface area contributed by atoms with E-state index in [2.05, 4.69) is 20.9 Å². The van der Waals surface area contributed by atoms with Gasteiger partial charge in [-0.05, 0) is 6.07 Å². The molecule has 82 valence electrons. The van der Waals surface area contributed by atoms with Crippen LogP contribution in [-0.4, -0.2) is 21.2 Å². The zero-order valence-electron chi connectivity index (χ0n) is 7.25. The first kappa shape index (κ1) is 11.8. The topological polar surface area (TPSA) is 70.4 Å². The molecule has 0 aliphatic carbocycles. The molecule has 0 saturated carbocycles. The summed E-state index contributed by atoms with van der Waals surface area (Å²) in [6.45, 7) is 0. The largest absolute Gasteiger partial charge is 0.505 e. The summed E-state index contributed by atoms with van der Waals surface area (Å²) in [6, 6.07) is 1.04. The smallest absolute Gasteiger partial charge is 0.339 e. The van der Waals surface area contributed by atoms with Gasteiger partial charge in [0.25, 0.3) is 6.43 Å². The van der Waals surface area contributed by atoms with E-state index < -0.39 is 29.4 Å². The van der Waals surface area contributed by atoms with Crippen molar-refractivity contribution in [1.29, 1.82) is 0 Å². The van der Waals surface area contributed by atoms with Gasteiger partial charge in [0.15, 0.2) is 5.75 Å². The third-order valence-electron chi connectivity index (χ3n) is 1.65. The molecule has 0 unspecified atom stereocenters. The summed E-state index contributed by atoms with van der Waals surface area (Å²) in [6.07, 6.45) is -3.01.